The van der Waals surface area contributed by atoms with Crippen molar-refractivity contribution >= 4 is 10.0 Å². The van der Waals surface area contributed by atoms with Gasteiger partial charge < -0.3 is 4.74 Å². The molecule has 1 rings (SSSR count). The van der Waals surface area contributed by atoms with Crippen LogP contribution in [0.2, 0.25) is 0 Å². The number of ether oxygens (including phenoxy) is 1. The van der Waals surface area contributed by atoms with Crippen LogP contribution in [0.15, 0.2) is 0 Å². The van der Waals surface area contributed by atoms with Crippen molar-refractivity contribution in [3.8, 4) is 5.75 Å². The van der Waals surface area contributed by atoms with Crippen LogP contribution in [0.4, 0.5) is 22.0 Å². The van der Waals surface area contributed by atoms with Crippen LogP contribution in [0.3, 0.4) is 0 Å². The van der Waals surface area contributed by atoms with Gasteiger partial charge in [0.05, 0.1) is 12.4 Å². The Hall–Kier alpha value is -1.42. The Balaban J connectivity index is 3.05. The zero-order chi connectivity index (χ0) is 16.6. The molecular weight excluding hydrogens is 321 g/mol. The molecular formula is C11H12F5NO3S. The molecule has 0 aliphatic carbocycles. The minimum absolute atomic E-state index is 0.602. The molecule has 0 aliphatic heterocycles. The molecule has 4 nitrogen and oxygen atoms in total. The minimum atomic E-state index is -3.91. The van der Waals surface area contributed by atoms with E-state index in [9.17, 15) is 30.4 Å². The highest BCUT2D eigenvalue weighted by atomic mass is 32.2. The molecule has 0 atom stereocenters. The second-order valence-corrected chi connectivity index (χ2v) is 6.77. The summed E-state index contributed by atoms with van der Waals surface area (Å²) in [6, 6.07) is 0. The van der Waals surface area contributed by atoms with E-state index < -0.39 is 62.6 Å². The molecule has 0 aromatic heterocycles. The second-order valence-electron chi connectivity index (χ2n) is 5.16. The molecule has 0 unspecified atom stereocenters. The van der Waals surface area contributed by atoms with Gasteiger partial charge in [-0.15, -0.1) is 0 Å². The first-order valence-electron chi connectivity index (χ1n) is 5.50. The third-order valence-corrected chi connectivity index (χ3v) is 3.55. The number of halogens is 5. The maximum Gasteiger partial charge on any atom is 0.209 e. The van der Waals surface area contributed by atoms with E-state index in [-0.39, 0.29) is 0 Å². The van der Waals surface area contributed by atoms with Gasteiger partial charge in [0.2, 0.25) is 39.1 Å². The summed E-state index contributed by atoms with van der Waals surface area (Å²) in [5.41, 5.74) is -1.20. The molecule has 0 heterocycles. The molecule has 0 amide bonds. The summed E-state index contributed by atoms with van der Waals surface area (Å²) in [5.74, 6) is -12.9. The lowest BCUT2D eigenvalue weighted by Gasteiger charge is -2.23. The lowest BCUT2D eigenvalue weighted by molar-refractivity contribution is 0.179. The van der Waals surface area contributed by atoms with E-state index in [2.05, 4.69) is 4.74 Å². The van der Waals surface area contributed by atoms with Crippen molar-refractivity contribution < 1.29 is 35.1 Å². The van der Waals surface area contributed by atoms with Crippen molar-refractivity contribution in [1.29, 1.82) is 0 Å². The number of sulfonamides is 1. The van der Waals surface area contributed by atoms with Crippen LogP contribution >= 0.6 is 0 Å². The highest BCUT2D eigenvalue weighted by molar-refractivity contribution is 7.89. The molecule has 0 bridgehead atoms. The summed E-state index contributed by atoms with van der Waals surface area (Å²) in [4.78, 5) is 0. The number of benzene rings is 1. The van der Waals surface area contributed by atoms with E-state index in [4.69, 9.17) is 5.14 Å². The summed E-state index contributed by atoms with van der Waals surface area (Å²) in [7, 11) is -3.91. The molecule has 1 aromatic rings. The third-order valence-electron chi connectivity index (χ3n) is 2.37. The number of hydrogen-bond acceptors (Lipinski definition) is 3. The first-order valence-corrected chi connectivity index (χ1v) is 7.22. The van der Waals surface area contributed by atoms with E-state index in [0.717, 1.165) is 0 Å². The lowest BCUT2D eigenvalue weighted by Crippen LogP contribution is -2.34. The first kappa shape index (κ1) is 17.6. The average Bonchev–Trinajstić information content (AvgIpc) is 2.31. The first-order chi connectivity index (χ1) is 9.36. The van der Waals surface area contributed by atoms with Gasteiger partial charge in [-0.1, -0.05) is 13.8 Å². The normalized spacial score (nSPS) is 12.6. The fourth-order valence-electron chi connectivity index (χ4n) is 1.57. The fraction of sp³-hybridized carbons (Fsp3) is 0.455. The summed E-state index contributed by atoms with van der Waals surface area (Å²) in [6.45, 7) is 2.05. The van der Waals surface area contributed by atoms with Gasteiger partial charge in [-0.05, 0) is 0 Å². The number of primary sulfonamides is 1. The Morgan fingerprint density at radius 1 is 0.952 bits per heavy atom. The predicted octanol–water partition coefficient (Wildman–Crippen LogP) is 2.08. The highest BCUT2D eigenvalue weighted by Crippen LogP contribution is 2.30. The van der Waals surface area contributed by atoms with Crippen molar-refractivity contribution in [3.05, 3.63) is 29.1 Å². The van der Waals surface area contributed by atoms with E-state index in [1.165, 1.54) is 13.8 Å². The molecule has 120 valence electrons. The van der Waals surface area contributed by atoms with Crippen LogP contribution < -0.4 is 9.88 Å². The van der Waals surface area contributed by atoms with Crippen LogP contribution in [0.1, 0.15) is 13.8 Å². The third kappa shape index (κ3) is 4.27. The Morgan fingerprint density at radius 3 is 1.71 bits per heavy atom. The monoisotopic (exact) mass is 333 g/mol. The largest absolute Gasteiger partial charge is 0.487 e. The molecule has 0 radical (unpaired) electrons. The van der Waals surface area contributed by atoms with Crippen molar-refractivity contribution in [2.45, 2.75) is 13.8 Å². The van der Waals surface area contributed by atoms with Crippen LogP contribution in [0.25, 0.3) is 0 Å². The van der Waals surface area contributed by atoms with Gasteiger partial charge in [-0.25, -0.2) is 26.7 Å². The molecule has 0 saturated carbocycles. The maximum atomic E-state index is 13.3. The highest BCUT2D eigenvalue weighted by Gasteiger charge is 2.30. The molecule has 0 saturated heterocycles. The molecule has 10 heteroatoms. The molecule has 0 fully saturated rings. The van der Waals surface area contributed by atoms with Crippen LogP contribution in [0.5, 0.6) is 5.75 Å². The zero-order valence-electron chi connectivity index (χ0n) is 11.0. The van der Waals surface area contributed by atoms with Crippen molar-refractivity contribution in [3.63, 3.8) is 0 Å². The van der Waals surface area contributed by atoms with Gasteiger partial charge in [-0.2, -0.15) is 8.78 Å². The lowest BCUT2D eigenvalue weighted by atomic mass is 9.98. The molecule has 0 aliphatic rings. The molecule has 2 N–H and O–H groups in total. The smallest absolute Gasteiger partial charge is 0.209 e. The van der Waals surface area contributed by atoms with E-state index >= 15 is 0 Å². The molecule has 21 heavy (non-hydrogen) atoms. The van der Waals surface area contributed by atoms with Crippen molar-refractivity contribution in [1.82, 2.24) is 0 Å². The minimum Gasteiger partial charge on any atom is -0.487 e. The van der Waals surface area contributed by atoms with Crippen molar-refractivity contribution in [2.75, 3.05) is 12.4 Å². The fourth-order valence-corrected chi connectivity index (χ4v) is 2.74. The standard InChI is InChI=1S/C11H12F5NO3S/c1-11(2,4-21(17,18)19)3-20-10-8(15)6(13)5(12)7(14)9(10)16/h3-4H2,1-2H3,(H2,17,18,19). The number of hydrogen-bond donors (Lipinski definition) is 1. The summed E-state index contributed by atoms with van der Waals surface area (Å²) in [6.07, 6.45) is 0. The zero-order valence-corrected chi connectivity index (χ0v) is 11.8. The Morgan fingerprint density at radius 2 is 1.33 bits per heavy atom. The number of nitrogens with two attached hydrogens (primary N) is 1. The van der Waals surface area contributed by atoms with Gasteiger partial charge in [0, 0.05) is 5.41 Å². The Labute approximate surface area is 117 Å². The quantitative estimate of drug-likeness (QED) is 0.509. The van der Waals surface area contributed by atoms with Crippen LogP contribution in [-0.4, -0.2) is 20.8 Å². The Bertz CT molecular complexity index is 631. The Kier molecular flexibility index (Phi) is 4.83. The summed E-state index contributed by atoms with van der Waals surface area (Å²) >= 11 is 0. The molecule has 1 aromatic carbocycles. The summed E-state index contributed by atoms with van der Waals surface area (Å²) in [5, 5.41) is 4.82. The van der Waals surface area contributed by atoms with Gasteiger partial charge in [-0.3, -0.25) is 0 Å². The molecule has 0 spiro atoms. The topological polar surface area (TPSA) is 69.4 Å². The van der Waals surface area contributed by atoms with E-state index in [1.54, 1.807) is 0 Å². The van der Waals surface area contributed by atoms with Crippen molar-refractivity contribution in [2.24, 2.45) is 10.6 Å². The van der Waals surface area contributed by atoms with Gasteiger partial charge >= 0.3 is 0 Å². The van der Waals surface area contributed by atoms with Crippen LogP contribution in [0, 0.1) is 34.5 Å². The van der Waals surface area contributed by atoms with E-state index in [1.807, 2.05) is 0 Å². The second kappa shape index (κ2) is 5.76. The average molecular weight is 333 g/mol. The maximum absolute atomic E-state index is 13.3. The van der Waals surface area contributed by atoms with Gasteiger partial charge in [0.15, 0.2) is 5.75 Å². The van der Waals surface area contributed by atoms with E-state index in [0.29, 0.717) is 0 Å². The predicted molar refractivity (Wildman–Crippen MR) is 63.5 cm³/mol. The van der Waals surface area contributed by atoms with Gasteiger partial charge in [0.25, 0.3) is 0 Å². The number of rotatable bonds is 5. The van der Waals surface area contributed by atoms with Crippen LogP contribution in [-0.2, 0) is 10.0 Å². The SMILES string of the molecule is CC(C)(COc1c(F)c(F)c(F)c(F)c1F)CS(N)(=O)=O. The van der Waals surface area contributed by atoms with Gasteiger partial charge in [0.1, 0.15) is 0 Å². The summed E-state index contributed by atoms with van der Waals surface area (Å²) < 4.78 is 91.8.